The average molecular weight is 237 g/mol. The first-order chi connectivity index (χ1) is 7.79. The zero-order chi connectivity index (χ0) is 11.4. The van der Waals surface area contributed by atoms with E-state index < -0.39 is 0 Å². The quantitative estimate of drug-likeness (QED) is 0.873. The second-order valence-electron chi connectivity index (χ2n) is 4.23. The van der Waals surface area contributed by atoms with Crippen LogP contribution in [0.4, 0.5) is 0 Å². The van der Waals surface area contributed by atoms with Gasteiger partial charge in [-0.25, -0.2) is 0 Å². The summed E-state index contributed by atoms with van der Waals surface area (Å²) in [6, 6.07) is 8.43. The van der Waals surface area contributed by atoms with Gasteiger partial charge in [-0.15, -0.1) is 11.8 Å². The molecule has 0 aliphatic carbocycles. The Labute approximate surface area is 102 Å². The van der Waals surface area contributed by atoms with E-state index in [4.69, 9.17) is 4.74 Å². The minimum Gasteiger partial charge on any atom is -0.494 e. The Morgan fingerprint density at radius 1 is 1.38 bits per heavy atom. The summed E-state index contributed by atoms with van der Waals surface area (Å²) in [7, 11) is 0. The third kappa shape index (κ3) is 2.92. The first-order valence-corrected chi connectivity index (χ1v) is 6.92. The Hall–Kier alpha value is -0.670. The largest absolute Gasteiger partial charge is 0.494 e. The maximum Gasteiger partial charge on any atom is 0.119 e. The molecule has 2 nitrogen and oxygen atoms in total. The minimum atomic E-state index is 0.451. The minimum absolute atomic E-state index is 0.451. The summed E-state index contributed by atoms with van der Waals surface area (Å²) in [6.07, 6.45) is 0. The number of hydrogen-bond acceptors (Lipinski definition) is 3. The highest BCUT2D eigenvalue weighted by atomic mass is 32.2. The Bertz CT molecular complexity index is 317. The van der Waals surface area contributed by atoms with Crippen molar-refractivity contribution in [3.05, 3.63) is 29.8 Å². The van der Waals surface area contributed by atoms with Crippen molar-refractivity contribution in [3.63, 3.8) is 0 Å². The van der Waals surface area contributed by atoms with Gasteiger partial charge in [0.05, 0.1) is 12.0 Å². The molecule has 88 valence electrons. The van der Waals surface area contributed by atoms with Gasteiger partial charge in [0.15, 0.2) is 0 Å². The molecule has 16 heavy (non-hydrogen) atoms. The van der Waals surface area contributed by atoms with Gasteiger partial charge in [-0.1, -0.05) is 19.1 Å². The summed E-state index contributed by atoms with van der Waals surface area (Å²) in [4.78, 5) is 0. The van der Waals surface area contributed by atoms with Gasteiger partial charge in [-0.2, -0.15) is 0 Å². The molecule has 0 spiro atoms. The van der Waals surface area contributed by atoms with Crippen LogP contribution >= 0.6 is 11.8 Å². The maximum atomic E-state index is 5.44. The molecule has 0 saturated carbocycles. The molecule has 0 aromatic heterocycles. The number of hydrogen-bond donors (Lipinski definition) is 1. The molecule has 3 heteroatoms. The van der Waals surface area contributed by atoms with E-state index in [0.717, 1.165) is 24.8 Å². The summed E-state index contributed by atoms with van der Waals surface area (Å²) in [5.41, 5.74) is 1.35. The lowest BCUT2D eigenvalue weighted by Crippen LogP contribution is -2.31. The highest BCUT2D eigenvalue weighted by Gasteiger charge is 2.19. The predicted molar refractivity (Wildman–Crippen MR) is 70.0 cm³/mol. The van der Waals surface area contributed by atoms with Crippen molar-refractivity contribution in [3.8, 4) is 5.75 Å². The van der Waals surface area contributed by atoms with E-state index in [1.807, 2.05) is 18.7 Å². The van der Waals surface area contributed by atoms with Gasteiger partial charge in [0.1, 0.15) is 5.75 Å². The van der Waals surface area contributed by atoms with Crippen LogP contribution in [0.3, 0.4) is 0 Å². The number of ether oxygens (including phenoxy) is 1. The van der Waals surface area contributed by atoms with Crippen LogP contribution < -0.4 is 10.1 Å². The molecule has 1 heterocycles. The molecule has 2 atom stereocenters. The van der Waals surface area contributed by atoms with Crippen LogP contribution in [-0.2, 0) is 0 Å². The van der Waals surface area contributed by atoms with E-state index >= 15 is 0 Å². The van der Waals surface area contributed by atoms with Gasteiger partial charge >= 0.3 is 0 Å². The van der Waals surface area contributed by atoms with Crippen LogP contribution in [-0.4, -0.2) is 18.9 Å². The fourth-order valence-electron chi connectivity index (χ4n) is 1.81. The zero-order valence-electron chi connectivity index (χ0n) is 9.90. The molecule has 2 unspecified atom stereocenters. The lowest BCUT2D eigenvalue weighted by Gasteiger charge is -2.27. The summed E-state index contributed by atoms with van der Waals surface area (Å²) in [6.45, 7) is 6.14. The smallest absolute Gasteiger partial charge is 0.119 e. The molecular formula is C13H19NOS. The normalized spacial score (nSPS) is 25.4. The molecule has 2 rings (SSSR count). The van der Waals surface area contributed by atoms with Crippen molar-refractivity contribution in [1.82, 2.24) is 5.32 Å². The van der Waals surface area contributed by atoms with E-state index in [1.54, 1.807) is 0 Å². The van der Waals surface area contributed by atoms with E-state index in [2.05, 4.69) is 36.5 Å². The third-order valence-corrected chi connectivity index (χ3v) is 4.23. The van der Waals surface area contributed by atoms with Gasteiger partial charge in [0, 0.05) is 0 Å². The highest BCUT2D eigenvalue weighted by Crippen LogP contribution is 2.32. The fraction of sp³-hybridized carbons (Fsp3) is 0.538. The Morgan fingerprint density at radius 2 is 2.12 bits per heavy atom. The van der Waals surface area contributed by atoms with E-state index in [-0.39, 0.29) is 0 Å². The van der Waals surface area contributed by atoms with Crippen LogP contribution in [0.2, 0.25) is 0 Å². The molecule has 0 radical (unpaired) electrons. The Kier molecular flexibility index (Phi) is 4.13. The second-order valence-corrected chi connectivity index (χ2v) is 5.37. The number of thioether (sulfide) groups is 1. The lowest BCUT2D eigenvalue weighted by atomic mass is 10.2. The summed E-state index contributed by atoms with van der Waals surface area (Å²) in [5, 5.41) is 4.01. The molecule has 0 bridgehead atoms. The SMILES string of the molecule is CCOc1ccc(C2NCC(C)CS2)cc1. The maximum absolute atomic E-state index is 5.44. The molecule has 1 fully saturated rings. The molecule has 1 aliphatic rings. The van der Waals surface area contributed by atoms with Crippen LogP contribution in [0.1, 0.15) is 24.8 Å². The van der Waals surface area contributed by atoms with Crippen molar-refractivity contribution in [2.75, 3.05) is 18.9 Å². The van der Waals surface area contributed by atoms with E-state index in [0.29, 0.717) is 5.37 Å². The summed E-state index contributed by atoms with van der Waals surface area (Å²) < 4.78 is 5.44. The zero-order valence-corrected chi connectivity index (χ0v) is 10.7. The number of rotatable bonds is 3. The van der Waals surface area contributed by atoms with Gasteiger partial charge in [0.25, 0.3) is 0 Å². The summed E-state index contributed by atoms with van der Waals surface area (Å²) >= 11 is 1.99. The second kappa shape index (κ2) is 5.60. The van der Waals surface area contributed by atoms with Crippen molar-refractivity contribution >= 4 is 11.8 Å². The van der Waals surface area contributed by atoms with Crippen LogP contribution in [0, 0.1) is 5.92 Å². The first-order valence-electron chi connectivity index (χ1n) is 5.87. The van der Waals surface area contributed by atoms with E-state index in [9.17, 15) is 0 Å². The monoisotopic (exact) mass is 237 g/mol. The van der Waals surface area contributed by atoms with Crippen LogP contribution in [0.25, 0.3) is 0 Å². The molecule has 1 aromatic carbocycles. The van der Waals surface area contributed by atoms with Gasteiger partial charge in [-0.3, -0.25) is 0 Å². The molecule has 0 amide bonds. The predicted octanol–water partition coefficient (Wildman–Crippen LogP) is 3.06. The van der Waals surface area contributed by atoms with Gasteiger partial charge in [0.2, 0.25) is 0 Å². The van der Waals surface area contributed by atoms with E-state index in [1.165, 1.54) is 11.3 Å². The molecule has 1 aromatic rings. The van der Waals surface area contributed by atoms with Crippen LogP contribution in [0.5, 0.6) is 5.75 Å². The standard InChI is InChI=1S/C13H19NOS/c1-3-15-12-6-4-11(5-7-12)13-14-8-10(2)9-16-13/h4-7,10,13-14H,3,8-9H2,1-2H3. The molecule has 1 aliphatic heterocycles. The van der Waals surface area contributed by atoms with Crippen LogP contribution in [0.15, 0.2) is 24.3 Å². The van der Waals surface area contributed by atoms with Crippen molar-refractivity contribution in [2.24, 2.45) is 5.92 Å². The molecule has 1 N–H and O–H groups in total. The van der Waals surface area contributed by atoms with Crippen molar-refractivity contribution in [1.29, 1.82) is 0 Å². The molecular weight excluding hydrogens is 218 g/mol. The van der Waals surface area contributed by atoms with Gasteiger partial charge in [-0.05, 0) is 42.8 Å². The first kappa shape index (κ1) is 11.8. The molecule has 1 saturated heterocycles. The Morgan fingerprint density at radius 3 is 2.69 bits per heavy atom. The summed E-state index contributed by atoms with van der Waals surface area (Å²) in [5.74, 6) is 2.98. The topological polar surface area (TPSA) is 21.3 Å². The Balaban J connectivity index is 1.98. The average Bonchev–Trinajstić information content (AvgIpc) is 2.32. The highest BCUT2D eigenvalue weighted by molar-refractivity contribution is 7.99. The fourth-order valence-corrected chi connectivity index (χ4v) is 3.01. The third-order valence-electron chi connectivity index (χ3n) is 2.69. The lowest BCUT2D eigenvalue weighted by molar-refractivity contribution is 0.340. The van der Waals surface area contributed by atoms with Gasteiger partial charge < -0.3 is 10.1 Å². The van der Waals surface area contributed by atoms with Crippen molar-refractivity contribution in [2.45, 2.75) is 19.2 Å². The number of nitrogens with one attached hydrogen (secondary N) is 1. The van der Waals surface area contributed by atoms with Crippen molar-refractivity contribution < 1.29 is 4.74 Å². The number of benzene rings is 1.